The summed E-state index contributed by atoms with van der Waals surface area (Å²) in [5.41, 5.74) is 0.983. The van der Waals surface area contributed by atoms with Crippen LogP contribution in [-0.4, -0.2) is 65.4 Å². The van der Waals surface area contributed by atoms with Crippen LogP contribution in [0.2, 0.25) is 10.0 Å². The van der Waals surface area contributed by atoms with Crippen molar-refractivity contribution in [1.82, 2.24) is 25.0 Å². The maximum Gasteiger partial charge on any atom is 0.327 e. The van der Waals surface area contributed by atoms with E-state index in [2.05, 4.69) is 25.6 Å². The third kappa shape index (κ3) is 5.40. The van der Waals surface area contributed by atoms with Crippen LogP contribution in [0.5, 0.6) is 0 Å². The summed E-state index contributed by atoms with van der Waals surface area (Å²) in [7, 11) is -1.51. The number of nitrogens with zero attached hydrogens (tertiary/aromatic N) is 4. The first kappa shape index (κ1) is 26.6. The van der Waals surface area contributed by atoms with Gasteiger partial charge in [-0.25, -0.2) is 22.9 Å². The van der Waals surface area contributed by atoms with Crippen molar-refractivity contribution in [1.29, 1.82) is 0 Å². The van der Waals surface area contributed by atoms with E-state index in [1.54, 1.807) is 36.7 Å². The molecular weight excluding hydrogens is 571 g/mol. The Labute approximate surface area is 232 Å². The molecule has 2 aromatic heterocycles. The first-order valence-electron chi connectivity index (χ1n) is 11.6. The Morgan fingerprint density at radius 3 is 2.58 bits per heavy atom. The number of carbonyl (C=O) groups is 2. The van der Waals surface area contributed by atoms with Gasteiger partial charge in [0.2, 0.25) is 0 Å². The highest BCUT2D eigenvalue weighted by atomic mass is 35.5. The number of urea groups is 1. The van der Waals surface area contributed by atoms with Crippen molar-refractivity contribution in [2.75, 3.05) is 25.5 Å². The topological polar surface area (TPSA) is 126 Å². The molecular formula is C24H22Cl2N6O4S2. The van der Waals surface area contributed by atoms with Crippen LogP contribution >= 0.6 is 34.5 Å². The van der Waals surface area contributed by atoms with E-state index in [0.717, 1.165) is 24.4 Å². The van der Waals surface area contributed by atoms with Crippen molar-refractivity contribution in [3.8, 4) is 5.69 Å². The largest absolute Gasteiger partial charge is 0.327 e. The normalized spacial score (nSPS) is 15.0. The van der Waals surface area contributed by atoms with Crippen LogP contribution in [0.3, 0.4) is 0 Å². The van der Waals surface area contributed by atoms with Crippen molar-refractivity contribution in [2.24, 2.45) is 0 Å². The van der Waals surface area contributed by atoms with Crippen LogP contribution in [0.15, 0.2) is 53.7 Å². The van der Waals surface area contributed by atoms with Gasteiger partial charge >= 0.3 is 6.03 Å². The van der Waals surface area contributed by atoms with Crippen molar-refractivity contribution < 1.29 is 18.0 Å². The molecule has 1 fully saturated rings. The van der Waals surface area contributed by atoms with Gasteiger partial charge < -0.3 is 4.90 Å². The highest BCUT2D eigenvalue weighted by Gasteiger charge is 2.30. The number of aromatic nitrogens is 3. The highest BCUT2D eigenvalue weighted by Crippen LogP contribution is 2.32. The molecule has 2 N–H and O–H groups in total. The summed E-state index contributed by atoms with van der Waals surface area (Å²) in [6, 6.07) is 8.46. The zero-order valence-corrected chi connectivity index (χ0v) is 23.2. The number of nitrogens with one attached hydrogen (secondary N) is 2. The van der Waals surface area contributed by atoms with Gasteiger partial charge in [-0.2, -0.15) is 5.10 Å². The predicted octanol–water partition coefficient (Wildman–Crippen LogP) is 4.62. The van der Waals surface area contributed by atoms with E-state index in [1.807, 2.05) is 7.05 Å². The Balaban J connectivity index is 1.30. The van der Waals surface area contributed by atoms with Crippen LogP contribution in [0.4, 0.5) is 9.93 Å². The van der Waals surface area contributed by atoms with Gasteiger partial charge in [-0.1, -0.05) is 34.5 Å². The maximum atomic E-state index is 13.1. The van der Waals surface area contributed by atoms with E-state index < -0.39 is 27.0 Å². The first-order chi connectivity index (χ1) is 18.1. The molecule has 10 nitrogen and oxygen atoms in total. The molecule has 0 bridgehead atoms. The summed E-state index contributed by atoms with van der Waals surface area (Å²) in [5, 5.41) is 8.98. The lowest BCUT2D eigenvalue weighted by atomic mass is 10.1. The van der Waals surface area contributed by atoms with Gasteiger partial charge in [0, 0.05) is 12.4 Å². The molecule has 38 heavy (non-hydrogen) atoms. The number of benzene rings is 2. The van der Waals surface area contributed by atoms with E-state index in [-0.39, 0.29) is 25.6 Å². The number of fused-ring (bicyclic) bond motifs is 1. The molecule has 2 aromatic carbocycles. The van der Waals surface area contributed by atoms with Gasteiger partial charge in [0.1, 0.15) is 0 Å². The first-order valence-corrected chi connectivity index (χ1v) is 14.7. The predicted molar refractivity (Wildman–Crippen MR) is 147 cm³/mol. The molecule has 0 spiro atoms. The fourth-order valence-corrected chi connectivity index (χ4v) is 7.51. The van der Waals surface area contributed by atoms with Crippen molar-refractivity contribution in [3.63, 3.8) is 0 Å². The molecule has 14 heteroatoms. The summed E-state index contributed by atoms with van der Waals surface area (Å²) in [4.78, 5) is 32.0. The molecule has 5 rings (SSSR count). The van der Waals surface area contributed by atoms with Crippen molar-refractivity contribution in [3.05, 3.63) is 64.4 Å². The number of likely N-dealkylation sites (tertiary alicyclic amines) is 1. The summed E-state index contributed by atoms with van der Waals surface area (Å²) in [5.74, 6) is -0.745. The summed E-state index contributed by atoms with van der Waals surface area (Å²) in [6.07, 6.45) is 4.38. The number of hydrogen-bond donors (Lipinski definition) is 2. The SMILES string of the molecule is CN1CCC(S(=O)(=O)c2ccc3nc(NC(=O)NC(=O)c4cc(-n5cccn5)c(Cl)cc4Cl)sc3c2)CC1. The number of anilines is 1. The van der Waals surface area contributed by atoms with Gasteiger partial charge in [0.05, 0.1) is 41.7 Å². The molecule has 0 atom stereocenters. The highest BCUT2D eigenvalue weighted by molar-refractivity contribution is 7.92. The zero-order valence-electron chi connectivity index (χ0n) is 20.0. The molecule has 3 heterocycles. The second kappa shape index (κ2) is 10.6. The molecule has 1 aliphatic heterocycles. The summed E-state index contributed by atoms with van der Waals surface area (Å²) >= 11 is 13.5. The third-order valence-electron chi connectivity index (χ3n) is 6.27. The smallest absolute Gasteiger partial charge is 0.306 e. The Morgan fingerprint density at radius 2 is 1.87 bits per heavy atom. The molecule has 4 aromatic rings. The number of sulfone groups is 1. The lowest BCUT2D eigenvalue weighted by Crippen LogP contribution is -2.37. The van der Waals surface area contributed by atoms with E-state index in [0.29, 0.717) is 28.7 Å². The number of piperidine rings is 1. The lowest BCUT2D eigenvalue weighted by Gasteiger charge is -2.28. The fraction of sp³-hybridized carbons (Fsp3) is 0.250. The second-order valence-corrected chi connectivity index (χ2v) is 12.9. The number of amides is 3. The molecule has 0 aliphatic carbocycles. The molecule has 1 aliphatic rings. The van der Waals surface area contributed by atoms with Crippen molar-refractivity contribution in [2.45, 2.75) is 23.0 Å². The number of rotatable bonds is 5. The Hall–Kier alpha value is -3.03. The number of hydrogen-bond acceptors (Lipinski definition) is 8. The summed E-state index contributed by atoms with van der Waals surface area (Å²) < 4.78 is 28.4. The number of imide groups is 1. The monoisotopic (exact) mass is 592 g/mol. The Kier molecular flexibility index (Phi) is 7.43. The molecule has 1 saturated heterocycles. The lowest BCUT2D eigenvalue weighted by molar-refractivity contribution is 0.0967. The van der Waals surface area contributed by atoms with Crippen LogP contribution in [0, 0.1) is 0 Å². The molecule has 0 saturated carbocycles. The standard InChI is InChI=1S/C24H22Cl2N6O4S2/c1-31-9-5-14(6-10-31)38(35,36)15-3-4-19-21(11-15)37-24(28-19)30-23(34)29-22(33)16-12-20(18(26)13-17(16)25)32-8-2-7-27-32/h2-4,7-8,11-14H,5-6,9-10H2,1H3,(H2,28,29,30,33,34). The van der Waals surface area contributed by atoms with E-state index in [4.69, 9.17) is 23.2 Å². The minimum Gasteiger partial charge on any atom is -0.306 e. The number of carbonyl (C=O) groups excluding carboxylic acids is 2. The molecule has 0 radical (unpaired) electrons. The van der Waals surface area contributed by atoms with Gasteiger partial charge in [0.15, 0.2) is 15.0 Å². The van der Waals surface area contributed by atoms with Gasteiger partial charge in [-0.15, -0.1) is 0 Å². The maximum absolute atomic E-state index is 13.1. The Bertz CT molecular complexity index is 1630. The van der Waals surface area contributed by atoms with E-state index in [1.165, 1.54) is 16.8 Å². The third-order valence-corrected chi connectivity index (χ3v) is 10.1. The van der Waals surface area contributed by atoms with Gasteiger partial charge in [-0.3, -0.25) is 15.4 Å². The van der Waals surface area contributed by atoms with Crippen LogP contribution in [0.25, 0.3) is 15.9 Å². The van der Waals surface area contributed by atoms with Gasteiger partial charge in [-0.05, 0) is 69.4 Å². The minimum absolute atomic E-state index is 0.0322. The quantitative estimate of drug-likeness (QED) is 0.346. The Morgan fingerprint density at radius 1 is 1.11 bits per heavy atom. The average Bonchev–Trinajstić information content (AvgIpc) is 3.53. The van der Waals surface area contributed by atoms with Crippen molar-refractivity contribution >= 4 is 71.7 Å². The van der Waals surface area contributed by atoms with Crippen LogP contribution in [-0.2, 0) is 9.84 Å². The van der Waals surface area contributed by atoms with E-state index >= 15 is 0 Å². The molecule has 0 unspecified atom stereocenters. The van der Waals surface area contributed by atoms with E-state index in [9.17, 15) is 18.0 Å². The van der Waals surface area contributed by atoms with Gasteiger partial charge in [0.25, 0.3) is 5.91 Å². The molecule has 3 amide bonds. The second-order valence-electron chi connectivity index (χ2n) is 8.84. The van der Waals surface area contributed by atoms with Crippen LogP contribution < -0.4 is 10.6 Å². The average molecular weight is 594 g/mol. The zero-order chi connectivity index (χ0) is 27.0. The minimum atomic E-state index is -3.48. The fourth-order valence-electron chi connectivity index (χ4n) is 4.22. The van der Waals surface area contributed by atoms with Crippen LogP contribution in [0.1, 0.15) is 23.2 Å². The molecule has 198 valence electrons. The number of thiazole rings is 1. The number of halogens is 2. The summed E-state index contributed by atoms with van der Waals surface area (Å²) in [6.45, 7) is 1.47.